The molecule has 0 spiro atoms. The number of hydrogen-bond donors (Lipinski definition) is 1. The van der Waals surface area contributed by atoms with Crippen LogP contribution in [0, 0.1) is 6.92 Å². The predicted molar refractivity (Wildman–Crippen MR) is 138 cm³/mol. The lowest BCUT2D eigenvalue weighted by molar-refractivity contribution is 0.323. The van der Waals surface area contributed by atoms with Gasteiger partial charge < -0.3 is 9.47 Å². The maximum atomic E-state index is 5.76. The number of hydrogen-bond acceptors (Lipinski definition) is 6. The summed E-state index contributed by atoms with van der Waals surface area (Å²) in [5, 5.41) is 5.16. The molecule has 1 N–H and O–H groups in total. The third-order valence-electron chi connectivity index (χ3n) is 4.95. The topological polar surface area (TPSA) is 55.7 Å². The largest absolute Gasteiger partial charge is 0.494 e. The Morgan fingerprint density at radius 3 is 2.39 bits per heavy atom. The Morgan fingerprint density at radius 1 is 0.909 bits per heavy atom. The second kappa shape index (κ2) is 10.8. The van der Waals surface area contributed by atoms with E-state index in [0.29, 0.717) is 13.2 Å². The van der Waals surface area contributed by atoms with Crippen LogP contribution in [0.15, 0.2) is 77.9 Å². The van der Waals surface area contributed by atoms with Crippen molar-refractivity contribution in [1.82, 2.24) is 4.98 Å². The van der Waals surface area contributed by atoms with E-state index in [0.717, 1.165) is 43.9 Å². The van der Waals surface area contributed by atoms with Crippen LogP contribution in [0.3, 0.4) is 0 Å². The summed E-state index contributed by atoms with van der Waals surface area (Å²) in [7, 11) is 0. The molecule has 0 radical (unpaired) electrons. The van der Waals surface area contributed by atoms with E-state index in [1.54, 1.807) is 17.6 Å². The summed E-state index contributed by atoms with van der Waals surface area (Å²) in [6.07, 6.45) is 1.75. The molecule has 1 aromatic heterocycles. The first-order valence-electron chi connectivity index (χ1n) is 11.0. The van der Waals surface area contributed by atoms with E-state index >= 15 is 0 Å². The normalized spacial score (nSPS) is 11.0. The Kier molecular flexibility index (Phi) is 7.37. The number of anilines is 1. The molecule has 3 aromatic carbocycles. The molecule has 0 saturated carbocycles. The highest BCUT2D eigenvalue weighted by Gasteiger charge is 2.15. The second-order valence-electron chi connectivity index (χ2n) is 7.36. The molecule has 168 valence electrons. The number of nitrogens with one attached hydrogen (secondary N) is 1. The molecular formula is C27H27N3O2S. The van der Waals surface area contributed by atoms with Crippen molar-refractivity contribution >= 4 is 22.7 Å². The fourth-order valence-corrected chi connectivity index (χ4v) is 4.32. The van der Waals surface area contributed by atoms with Crippen LogP contribution in [-0.2, 0) is 0 Å². The van der Waals surface area contributed by atoms with Crippen LogP contribution in [0.4, 0.5) is 5.13 Å². The fourth-order valence-electron chi connectivity index (χ4n) is 3.38. The van der Waals surface area contributed by atoms with E-state index in [2.05, 4.69) is 53.8 Å². The van der Waals surface area contributed by atoms with E-state index < -0.39 is 0 Å². The van der Waals surface area contributed by atoms with E-state index in [4.69, 9.17) is 14.5 Å². The average molecular weight is 458 g/mol. The van der Waals surface area contributed by atoms with E-state index in [-0.39, 0.29) is 0 Å². The Morgan fingerprint density at radius 2 is 1.67 bits per heavy atom. The first-order valence-corrected chi connectivity index (χ1v) is 11.8. The van der Waals surface area contributed by atoms with Crippen molar-refractivity contribution in [3.8, 4) is 33.2 Å². The number of benzene rings is 3. The summed E-state index contributed by atoms with van der Waals surface area (Å²) >= 11 is 1.58. The molecule has 33 heavy (non-hydrogen) atoms. The molecule has 0 amide bonds. The lowest BCUT2D eigenvalue weighted by Crippen LogP contribution is -1.99. The van der Waals surface area contributed by atoms with Crippen molar-refractivity contribution in [1.29, 1.82) is 0 Å². The minimum absolute atomic E-state index is 0.566. The lowest BCUT2D eigenvalue weighted by Gasteiger charge is -2.09. The summed E-state index contributed by atoms with van der Waals surface area (Å²) in [6, 6.07) is 24.5. The number of nitrogens with zero attached hydrogens (tertiary/aromatic N) is 2. The van der Waals surface area contributed by atoms with Gasteiger partial charge in [-0.2, -0.15) is 5.10 Å². The molecule has 0 aliphatic rings. The maximum Gasteiger partial charge on any atom is 0.204 e. The van der Waals surface area contributed by atoms with Crippen LogP contribution in [-0.4, -0.2) is 24.4 Å². The molecule has 5 nitrogen and oxygen atoms in total. The number of rotatable bonds is 9. The van der Waals surface area contributed by atoms with Gasteiger partial charge in [0, 0.05) is 17.2 Å². The summed E-state index contributed by atoms with van der Waals surface area (Å²) < 4.78 is 11.3. The average Bonchev–Trinajstić information content (AvgIpc) is 3.26. The molecule has 1 heterocycles. The maximum absolute atomic E-state index is 5.76. The van der Waals surface area contributed by atoms with Gasteiger partial charge in [0.1, 0.15) is 11.5 Å². The highest BCUT2D eigenvalue weighted by atomic mass is 32.1. The molecule has 4 aromatic rings. The highest BCUT2D eigenvalue weighted by Crippen LogP contribution is 2.39. The number of thiazole rings is 1. The Balaban J connectivity index is 1.61. The molecule has 0 fully saturated rings. The predicted octanol–water partition coefficient (Wildman–Crippen LogP) is 7.03. The molecule has 4 rings (SSSR count). The third kappa shape index (κ3) is 5.59. The molecule has 0 aliphatic carbocycles. The van der Waals surface area contributed by atoms with E-state index in [1.165, 1.54) is 5.56 Å². The number of aryl methyl sites for hydroxylation is 1. The van der Waals surface area contributed by atoms with Crippen molar-refractivity contribution in [3.63, 3.8) is 0 Å². The molecule has 0 unspecified atom stereocenters. The minimum Gasteiger partial charge on any atom is -0.494 e. The van der Waals surface area contributed by atoms with Crippen LogP contribution < -0.4 is 14.9 Å². The van der Waals surface area contributed by atoms with Crippen LogP contribution in [0.25, 0.3) is 21.7 Å². The fraction of sp³-hybridized carbons (Fsp3) is 0.185. The van der Waals surface area contributed by atoms with Gasteiger partial charge in [-0.15, -0.1) is 0 Å². The van der Waals surface area contributed by atoms with Gasteiger partial charge in [-0.25, -0.2) is 4.98 Å². The Bertz CT molecular complexity index is 1220. The molecule has 0 atom stereocenters. The van der Waals surface area contributed by atoms with Gasteiger partial charge in [-0.05, 0) is 38.5 Å². The van der Waals surface area contributed by atoms with Crippen molar-refractivity contribution in [3.05, 3.63) is 83.9 Å². The zero-order valence-corrected chi connectivity index (χ0v) is 19.9. The quantitative estimate of drug-likeness (QED) is 0.217. The third-order valence-corrected chi connectivity index (χ3v) is 5.96. The first-order chi connectivity index (χ1) is 16.2. The SMILES string of the molecule is CCOc1ccc(/C=N\Nc2nc(-c3ccc(C)cc3)c(-c3ccccc3)s2)c(OCC)c1. The molecule has 0 aliphatic heterocycles. The van der Waals surface area contributed by atoms with Crippen molar-refractivity contribution in [2.45, 2.75) is 20.8 Å². The van der Waals surface area contributed by atoms with Gasteiger partial charge in [0.25, 0.3) is 0 Å². The Labute approximate surface area is 198 Å². The molecule has 0 bridgehead atoms. The first kappa shape index (κ1) is 22.6. The minimum atomic E-state index is 0.566. The lowest BCUT2D eigenvalue weighted by atomic mass is 10.1. The van der Waals surface area contributed by atoms with E-state index in [9.17, 15) is 0 Å². The van der Waals surface area contributed by atoms with Crippen LogP contribution >= 0.6 is 11.3 Å². The monoisotopic (exact) mass is 457 g/mol. The summed E-state index contributed by atoms with van der Waals surface area (Å²) in [6.45, 7) is 7.18. The molecule has 6 heteroatoms. The van der Waals surface area contributed by atoms with E-state index in [1.807, 2.05) is 50.2 Å². The van der Waals surface area contributed by atoms with Crippen molar-refractivity contribution in [2.75, 3.05) is 18.6 Å². The number of ether oxygens (including phenoxy) is 2. The van der Waals surface area contributed by atoms with Crippen LogP contribution in [0.1, 0.15) is 25.0 Å². The number of aromatic nitrogens is 1. The Hall–Kier alpha value is -3.64. The summed E-state index contributed by atoms with van der Waals surface area (Å²) in [5.41, 5.74) is 8.35. The summed E-state index contributed by atoms with van der Waals surface area (Å²) in [4.78, 5) is 5.96. The van der Waals surface area contributed by atoms with Gasteiger partial charge in [0.2, 0.25) is 5.13 Å². The second-order valence-corrected chi connectivity index (χ2v) is 8.36. The van der Waals surface area contributed by atoms with Crippen LogP contribution in [0.2, 0.25) is 0 Å². The standard InChI is InChI=1S/C27H27N3O2S/c1-4-31-23-16-15-22(24(17-23)32-5-2)18-28-30-27-29-25(20-13-11-19(3)12-14-20)26(33-27)21-9-7-6-8-10-21/h6-18H,4-5H2,1-3H3,(H,29,30)/b28-18-. The van der Waals surface area contributed by atoms with Crippen LogP contribution in [0.5, 0.6) is 11.5 Å². The smallest absolute Gasteiger partial charge is 0.204 e. The zero-order valence-electron chi connectivity index (χ0n) is 19.0. The van der Waals surface area contributed by atoms with Crippen molar-refractivity contribution < 1.29 is 9.47 Å². The molecular weight excluding hydrogens is 430 g/mol. The van der Waals surface area contributed by atoms with Gasteiger partial charge in [-0.3, -0.25) is 5.43 Å². The van der Waals surface area contributed by atoms with Gasteiger partial charge in [-0.1, -0.05) is 71.5 Å². The van der Waals surface area contributed by atoms with Gasteiger partial charge >= 0.3 is 0 Å². The highest BCUT2D eigenvalue weighted by molar-refractivity contribution is 7.19. The van der Waals surface area contributed by atoms with Crippen molar-refractivity contribution in [2.24, 2.45) is 5.10 Å². The summed E-state index contributed by atoms with van der Waals surface area (Å²) in [5.74, 6) is 1.51. The van der Waals surface area contributed by atoms with Gasteiger partial charge in [0.05, 0.1) is 30.0 Å². The van der Waals surface area contributed by atoms with Gasteiger partial charge in [0.15, 0.2) is 0 Å². The molecule has 0 saturated heterocycles. The zero-order chi connectivity index (χ0) is 23.0. The number of hydrazone groups is 1.